The summed E-state index contributed by atoms with van der Waals surface area (Å²) in [5, 5.41) is 0. The van der Waals surface area contributed by atoms with E-state index in [-0.39, 0.29) is 0 Å². The van der Waals surface area contributed by atoms with E-state index in [0.29, 0.717) is 0 Å². The van der Waals surface area contributed by atoms with E-state index in [1.807, 2.05) is 0 Å². The summed E-state index contributed by atoms with van der Waals surface area (Å²) in [7, 11) is -1.62. The first-order chi connectivity index (χ1) is 1.73. The van der Waals surface area contributed by atoms with E-state index in [9.17, 15) is 4.20 Å². The second-order valence-corrected chi connectivity index (χ2v) is 1.57. The molecular weight excluding hydrogens is 76.0 g/mol. The summed E-state index contributed by atoms with van der Waals surface area (Å²) >= 11 is 0. The Labute approximate surface area is 25.9 Å². The van der Waals surface area contributed by atoms with E-state index in [4.69, 9.17) is 0 Å². The molecule has 0 amide bonds. The van der Waals surface area contributed by atoms with Crippen LogP contribution in [-0.2, 0) is 0 Å². The lowest BCUT2D eigenvalue weighted by Crippen LogP contribution is -1.71. The minimum Gasteiger partial charge on any atom is -0.284 e. The van der Waals surface area contributed by atoms with Crippen LogP contribution in [0.1, 0.15) is 0 Å². The van der Waals surface area contributed by atoms with Crippen LogP contribution in [-0.4, -0.2) is 6.66 Å². The maximum Gasteiger partial charge on any atom is 0.148 e. The average Bonchev–Trinajstić information content (AvgIpc) is 0.811. The second kappa shape index (κ2) is 1.62. The summed E-state index contributed by atoms with van der Waals surface area (Å²) in [4.78, 5) is 0. The molecule has 0 fully saturated rings. The predicted octanol–water partition coefficient (Wildman–Crippen LogP) is 0.856. The van der Waals surface area contributed by atoms with Gasteiger partial charge >= 0.3 is 0 Å². The summed E-state index contributed by atoms with van der Waals surface area (Å²) in [5.74, 6) is 0. The maximum atomic E-state index is 10.8. The Morgan fingerprint density at radius 2 is 2.00 bits per heavy atom. The van der Waals surface area contributed by atoms with Crippen LogP contribution in [0.15, 0.2) is 0 Å². The predicted molar refractivity (Wildman–Crippen MR) is 18.1 cm³/mol. The van der Waals surface area contributed by atoms with Gasteiger partial charge in [-0.1, -0.05) is 0 Å². The van der Waals surface area contributed by atoms with E-state index in [0.717, 1.165) is 0 Å². The van der Waals surface area contributed by atoms with Crippen molar-refractivity contribution in [1.82, 2.24) is 0 Å². The number of halogens is 1. The molecule has 1 unspecified atom stereocenters. The lowest BCUT2D eigenvalue weighted by molar-refractivity contribution is 0.898. The van der Waals surface area contributed by atoms with Crippen LogP contribution in [0, 0.1) is 0 Å². The van der Waals surface area contributed by atoms with Crippen LogP contribution >= 0.6 is 8.38 Å². The van der Waals surface area contributed by atoms with Crippen LogP contribution in [0.3, 0.4) is 0 Å². The molecule has 0 saturated heterocycles. The van der Waals surface area contributed by atoms with Crippen LogP contribution in [0.25, 0.3) is 0 Å². The largest absolute Gasteiger partial charge is 0.284 e. The van der Waals surface area contributed by atoms with Gasteiger partial charge in [0.2, 0.25) is 0 Å². The van der Waals surface area contributed by atoms with Crippen LogP contribution in [0.4, 0.5) is 4.20 Å². The van der Waals surface area contributed by atoms with Gasteiger partial charge in [-0.15, -0.1) is 0 Å². The van der Waals surface area contributed by atoms with Crippen molar-refractivity contribution < 1.29 is 4.20 Å². The first kappa shape index (κ1) is 4.32. The molecule has 0 aliphatic carbocycles. The first-order valence-electron chi connectivity index (χ1n) is 0.874. The molecule has 0 heterocycles. The van der Waals surface area contributed by atoms with Gasteiger partial charge < -0.3 is 0 Å². The minimum absolute atomic E-state index is 1.34. The van der Waals surface area contributed by atoms with Crippen molar-refractivity contribution in [3.63, 3.8) is 0 Å². The molecule has 1 nitrogen and oxygen atoms in total. The zero-order valence-electron chi connectivity index (χ0n) is 2.40. The minimum atomic E-state index is -1.62. The summed E-state index contributed by atoms with van der Waals surface area (Å²) in [6, 6.07) is 0. The Kier molecular flexibility index (Phi) is 1.75. The van der Waals surface area contributed by atoms with Gasteiger partial charge in [-0.2, -0.15) is 0 Å². The number of hydrogen-bond acceptors (Lipinski definition) is 1. The van der Waals surface area contributed by atoms with E-state index in [1.165, 1.54) is 6.66 Å². The highest BCUT2D eigenvalue weighted by atomic mass is 31.2. The zero-order valence-corrected chi connectivity index (χ0v) is 3.30. The van der Waals surface area contributed by atoms with Gasteiger partial charge in [0.25, 0.3) is 0 Å². The maximum absolute atomic E-state index is 10.8. The van der Waals surface area contributed by atoms with Gasteiger partial charge in [0, 0.05) is 0 Å². The van der Waals surface area contributed by atoms with Crippen molar-refractivity contribution in [1.29, 1.82) is 0 Å². The molecule has 2 N–H and O–H groups in total. The van der Waals surface area contributed by atoms with Gasteiger partial charge in [0.1, 0.15) is 8.38 Å². The molecule has 0 aromatic carbocycles. The topological polar surface area (TPSA) is 26.0 Å². The standard InChI is InChI=1S/CH5FNP/c1-4(2)3/h3H2,1H3. The SMILES string of the molecule is CP(N)F. The quantitative estimate of drug-likeness (QED) is 0.430. The smallest absolute Gasteiger partial charge is 0.148 e. The number of hydrogen-bond donors (Lipinski definition) is 1. The number of nitrogens with two attached hydrogens (primary N) is 1. The molecule has 0 bridgehead atoms. The van der Waals surface area contributed by atoms with Crippen molar-refractivity contribution in [3.05, 3.63) is 0 Å². The number of rotatable bonds is 0. The Balaban J connectivity index is 2.32. The van der Waals surface area contributed by atoms with Crippen LogP contribution < -0.4 is 5.50 Å². The van der Waals surface area contributed by atoms with Crippen molar-refractivity contribution >= 4 is 8.38 Å². The van der Waals surface area contributed by atoms with Crippen LogP contribution in [0.2, 0.25) is 0 Å². The fourth-order valence-corrected chi connectivity index (χ4v) is 0. The third-order valence-electron chi connectivity index (χ3n) is 0. The third-order valence-corrected chi connectivity index (χ3v) is 0. The molecule has 0 spiro atoms. The molecule has 4 heavy (non-hydrogen) atoms. The third kappa shape index (κ3) is 39.5. The fraction of sp³-hybridized carbons (Fsp3) is 1.00. The Bertz CT molecular complexity index is 12.8. The normalized spacial score (nSPS) is 15.8. The first-order valence-corrected chi connectivity index (χ1v) is 2.62. The highest BCUT2D eigenvalue weighted by Gasteiger charge is 1.73. The molecular formula is CH5FNP. The summed E-state index contributed by atoms with van der Waals surface area (Å²) in [5.41, 5.74) is 4.51. The second-order valence-electron chi connectivity index (χ2n) is 0.525. The van der Waals surface area contributed by atoms with Crippen molar-refractivity contribution in [2.75, 3.05) is 6.66 Å². The molecule has 3 heteroatoms. The van der Waals surface area contributed by atoms with Crippen molar-refractivity contribution in [2.45, 2.75) is 0 Å². The zero-order chi connectivity index (χ0) is 3.58. The fourth-order valence-electron chi connectivity index (χ4n) is 0. The van der Waals surface area contributed by atoms with E-state index >= 15 is 0 Å². The lowest BCUT2D eigenvalue weighted by Gasteiger charge is -1.75. The van der Waals surface area contributed by atoms with Crippen LogP contribution in [0.5, 0.6) is 0 Å². The van der Waals surface area contributed by atoms with Gasteiger partial charge in [0.05, 0.1) is 0 Å². The average molecular weight is 81.0 g/mol. The van der Waals surface area contributed by atoms with E-state index in [2.05, 4.69) is 5.50 Å². The van der Waals surface area contributed by atoms with E-state index in [1.54, 1.807) is 0 Å². The van der Waals surface area contributed by atoms with Gasteiger partial charge in [-0.3, -0.25) is 5.50 Å². The molecule has 0 aromatic rings. The molecule has 1 atom stereocenters. The van der Waals surface area contributed by atoms with Crippen molar-refractivity contribution in [3.8, 4) is 0 Å². The molecule has 0 aromatic heterocycles. The highest BCUT2D eigenvalue weighted by Crippen LogP contribution is 2.17. The Hall–Kier alpha value is 0.320. The molecule has 0 aliphatic heterocycles. The summed E-state index contributed by atoms with van der Waals surface area (Å²) in [6.45, 7) is 1.34. The Morgan fingerprint density at radius 1 is 2.00 bits per heavy atom. The molecule has 0 radical (unpaired) electrons. The molecule has 0 aliphatic rings. The monoisotopic (exact) mass is 81.0 g/mol. The molecule has 0 rings (SSSR count). The van der Waals surface area contributed by atoms with Gasteiger partial charge in [-0.25, -0.2) is 4.20 Å². The highest BCUT2D eigenvalue weighted by molar-refractivity contribution is 7.48. The van der Waals surface area contributed by atoms with Gasteiger partial charge in [-0.05, 0) is 6.66 Å². The summed E-state index contributed by atoms with van der Waals surface area (Å²) < 4.78 is 10.8. The summed E-state index contributed by atoms with van der Waals surface area (Å²) in [6.07, 6.45) is 0. The lowest BCUT2D eigenvalue weighted by atomic mass is 12.0. The van der Waals surface area contributed by atoms with E-state index < -0.39 is 8.38 Å². The molecule has 26 valence electrons. The Morgan fingerprint density at radius 3 is 2.00 bits per heavy atom. The van der Waals surface area contributed by atoms with Crippen molar-refractivity contribution in [2.24, 2.45) is 5.50 Å². The molecule has 0 saturated carbocycles. The van der Waals surface area contributed by atoms with Gasteiger partial charge in [0.15, 0.2) is 0 Å².